The van der Waals surface area contributed by atoms with E-state index in [2.05, 4.69) is 10.3 Å². The third kappa shape index (κ3) is 5.56. The number of hydrogen-bond acceptors (Lipinski definition) is 7. The van der Waals surface area contributed by atoms with Crippen LogP contribution in [0.4, 0.5) is 0 Å². The van der Waals surface area contributed by atoms with Crippen LogP contribution in [0.15, 0.2) is 59.5 Å². The molecule has 0 N–H and O–H groups in total. The van der Waals surface area contributed by atoms with Gasteiger partial charge in [0.25, 0.3) is 0 Å². The standard InChI is InChI=1S/C29H31ClN4O5S/c1-5-38-29(35)15-24(21-8-10-26-25(13-21)31-32-33(26)4)20-7-6-18(2)22(12-20)17-34-16-19(3)39-27-11-9-23(30)14-28(27)40(34,36)37/h6-14,19,24H,5,15-17H2,1-4H3/t19-,24?/m1/s1. The predicted molar refractivity (Wildman–Crippen MR) is 152 cm³/mol. The van der Waals surface area contributed by atoms with Crippen LogP contribution >= 0.6 is 11.6 Å². The van der Waals surface area contributed by atoms with Gasteiger partial charge in [0.1, 0.15) is 22.3 Å². The molecule has 0 spiro atoms. The lowest BCUT2D eigenvalue weighted by Gasteiger charge is -2.24. The molecule has 5 rings (SSSR count). The molecule has 9 nitrogen and oxygen atoms in total. The van der Waals surface area contributed by atoms with Gasteiger partial charge in [0, 0.05) is 24.5 Å². The summed E-state index contributed by atoms with van der Waals surface area (Å²) in [5, 5.41) is 8.65. The first-order valence-corrected chi connectivity index (χ1v) is 14.9. The van der Waals surface area contributed by atoms with Gasteiger partial charge in [-0.05, 0) is 73.4 Å². The summed E-state index contributed by atoms with van der Waals surface area (Å²) >= 11 is 6.16. The molecule has 0 saturated carbocycles. The summed E-state index contributed by atoms with van der Waals surface area (Å²) in [5.41, 5.74) is 5.13. The summed E-state index contributed by atoms with van der Waals surface area (Å²) in [4.78, 5) is 12.7. The molecule has 0 amide bonds. The summed E-state index contributed by atoms with van der Waals surface area (Å²) in [6.07, 6.45) is -0.239. The molecule has 4 aromatic rings. The predicted octanol–water partition coefficient (Wildman–Crippen LogP) is 4.99. The fourth-order valence-corrected chi connectivity index (χ4v) is 6.94. The van der Waals surface area contributed by atoms with Crippen molar-refractivity contribution in [2.24, 2.45) is 7.05 Å². The summed E-state index contributed by atoms with van der Waals surface area (Å²) in [6.45, 7) is 6.16. The monoisotopic (exact) mass is 582 g/mol. The fraction of sp³-hybridized carbons (Fsp3) is 0.345. The van der Waals surface area contributed by atoms with Crippen molar-refractivity contribution in [3.05, 3.63) is 81.9 Å². The first-order valence-electron chi connectivity index (χ1n) is 13.1. The highest BCUT2D eigenvalue weighted by Gasteiger charge is 2.34. The number of aryl methyl sites for hydroxylation is 2. The second-order valence-electron chi connectivity index (χ2n) is 10.0. The van der Waals surface area contributed by atoms with Gasteiger partial charge >= 0.3 is 5.97 Å². The minimum atomic E-state index is -3.89. The van der Waals surface area contributed by atoms with Crippen molar-refractivity contribution in [2.75, 3.05) is 13.2 Å². The van der Waals surface area contributed by atoms with Gasteiger partial charge < -0.3 is 9.47 Å². The highest BCUT2D eigenvalue weighted by Crippen LogP contribution is 2.36. The molecule has 0 bridgehead atoms. The summed E-state index contributed by atoms with van der Waals surface area (Å²) in [7, 11) is -2.07. The second kappa shape index (κ2) is 11.2. The van der Waals surface area contributed by atoms with E-state index in [0.29, 0.717) is 10.8 Å². The number of esters is 1. The van der Waals surface area contributed by atoms with Crippen molar-refractivity contribution in [2.45, 2.75) is 50.7 Å². The lowest BCUT2D eigenvalue weighted by Crippen LogP contribution is -2.35. The first kappa shape index (κ1) is 28.1. The van der Waals surface area contributed by atoms with Crippen LogP contribution in [0, 0.1) is 6.92 Å². The number of carbonyl (C=O) groups excluding carboxylic acids is 1. The molecule has 1 aliphatic heterocycles. The smallest absolute Gasteiger partial charge is 0.306 e. The van der Waals surface area contributed by atoms with Crippen LogP contribution in [0.2, 0.25) is 5.02 Å². The van der Waals surface area contributed by atoms with Crippen LogP contribution in [0.3, 0.4) is 0 Å². The van der Waals surface area contributed by atoms with Crippen LogP contribution < -0.4 is 4.74 Å². The zero-order chi connectivity index (χ0) is 28.6. The van der Waals surface area contributed by atoms with Crippen LogP contribution in [-0.2, 0) is 33.1 Å². The molecule has 0 saturated heterocycles. The Kier molecular flexibility index (Phi) is 7.85. The SMILES string of the molecule is CCOC(=O)CC(c1ccc(C)c(CN2C[C@@H](C)Oc3ccc(Cl)cc3S2(=O)=O)c1)c1ccc2c(c1)nnn2C. The molecule has 11 heteroatoms. The van der Waals surface area contributed by atoms with Crippen LogP contribution in [0.25, 0.3) is 11.0 Å². The van der Waals surface area contributed by atoms with Crippen molar-refractivity contribution in [3.63, 3.8) is 0 Å². The summed E-state index contributed by atoms with van der Waals surface area (Å²) < 4.78 is 41.8. The van der Waals surface area contributed by atoms with E-state index in [1.165, 1.54) is 10.4 Å². The quantitative estimate of drug-likeness (QED) is 0.283. The van der Waals surface area contributed by atoms with Crippen LogP contribution in [0.5, 0.6) is 5.75 Å². The van der Waals surface area contributed by atoms with E-state index >= 15 is 0 Å². The molecule has 40 heavy (non-hydrogen) atoms. The number of carbonyl (C=O) groups is 1. The Labute approximate surface area is 238 Å². The van der Waals surface area contributed by atoms with Gasteiger partial charge in [0.05, 0.1) is 25.1 Å². The lowest BCUT2D eigenvalue weighted by atomic mass is 9.86. The Hall–Kier alpha value is -3.47. The normalized spacial score (nSPS) is 17.6. The van der Waals surface area contributed by atoms with E-state index in [1.54, 1.807) is 23.7 Å². The van der Waals surface area contributed by atoms with Gasteiger partial charge in [-0.3, -0.25) is 4.79 Å². The molecule has 2 heterocycles. The maximum absolute atomic E-state index is 13.7. The molecular weight excluding hydrogens is 552 g/mol. The number of ether oxygens (including phenoxy) is 2. The highest BCUT2D eigenvalue weighted by atomic mass is 35.5. The largest absolute Gasteiger partial charge is 0.488 e. The summed E-state index contributed by atoms with van der Waals surface area (Å²) in [6, 6.07) is 16.4. The van der Waals surface area contributed by atoms with E-state index in [1.807, 2.05) is 57.3 Å². The van der Waals surface area contributed by atoms with E-state index in [-0.39, 0.29) is 49.0 Å². The van der Waals surface area contributed by atoms with Crippen LogP contribution in [0.1, 0.15) is 48.4 Å². The number of rotatable bonds is 7. The molecule has 3 aromatic carbocycles. The lowest BCUT2D eigenvalue weighted by molar-refractivity contribution is -0.143. The minimum absolute atomic E-state index is 0.0515. The maximum Gasteiger partial charge on any atom is 0.306 e. The van der Waals surface area contributed by atoms with Crippen LogP contribution in [-0.4, -0.2) is 52.9 Å². The van der Waals surface area contributed by atoms with Crippen molar-refractivity contribution in [1.82, 2.24) is 19.3 Å². The van der Waals surface area contributed by atoms with Gasteiger partial charge in [0.2, 0.25) is 10.0 Å². The summed E-state index contributed by atoms with van der Waals surface area (Å²) in [5.74, 6) is -0.352. The van der Waals surface area contributed by atoms with Gasteiger partial charge in [-0.15, -0.1) is 5.10 Å². The Bertz CT molecular complexity index is 1690. The minimum Gasteiger partial charge on any atom is -0.488 e. The van der Waals surface area contributed by atoms with Gasteiger partial charge in [-0.25, -0.2) is 13.1 Å². The molecule has 0 fully saturated rings. The molecule has 0 aliphatic carbocycles. The third-order valence-corrected chi connectivity index (χ3v) is 9.22. The Morgan fingerprint density at radius 2 is 1.90 bits per heavy atom. The Morgan fingerprint density at radius 3 is 2.67 bits per heavy atom. The third-order valence-electron chi connectivity index (χ3n) is 7.15. The van der Waals surface area contributed by atoms with Gasteiger partial charge in [0.15, 0.2) is 0 Å². The first-order chi connectivity index (χ1) is 19.1. The molecule has 2 atom stereocenters. The highest BCUT2D eigenvalue weighted by molar-refractivity contribution is 7.89. The molecule has 0 radical (unpaired) electrons. The number of aromatic nitrogens is 3. The Morgan fingerprint density at radius 1 is 1.15 bits per heavy atom. The van der Waals surface area contributed by atoms with E-state index in [4.69, 9.17) is 21.1 Å². The number of fused-ring (bicyclic) bond motifs is 2. The van der Waals surface area contributed by atoms with Crippen molar-refractivity contribution >= 4 is 38.6 Å². The zero-order valence-corrected chi connectivity index (χ0v) is 24.4. The van der Waals surface area contributed by atoms with Crippen molar-refractivity contribution in [3.8, 4) is 5.75 Å². The maximum atomic E-state index is 13.7. The van der Waals surface area contributed by atoms with E-state index < -0.39 is 10.0 Å². The molecule has 1 aromatic heterocycles. The van der Waals surface area contributed by atoms with Crippen molar-refractivity contribution < 1.29 is 22.7 Å². The van der Waals surface area contributed by atoms with Gasteiger partial charge in [-0.2, -0.15) is 4.31 Å². The van der Waals surface area contributed by atoms with E-state index in [0.717, 1.165) is 33.3 Å². The molecule has 1 aliphatic rings. The van der Waals surface area contributed by atoms with Crippen molar-refractivity contribution in [1.29, 1.82) is 0 Å². The average Bonchev–Trinajstić information content (AvgIpc) is 3.25. The number of nitrogens with zero attached hydrogens (tertiary/aromatic N) is 4. The number of hydrogen-bond donors (Lipinski definition) is 0. The second-order valence-corrected chi connectivity index (χ2v) is 12.4. The number of halogens is 1. The van der Waals surface area contributed by atoms with E-state index in [9.17, 15) is 13.2 Å². The van der Waals surface area contributed by atoms with Gasteiger partial charge in [-0.1, -0.05) is 41.1 Å². The Balaban J connectivity index is 1.53. The fourth-order valence-electron chi connectivity index (χ4n) is 5.07. The number of sulfonamides is 1. The topological polar surface area (TPSA) is 104 Å². The average molecular weight is 583 g/mol. The zero-order valence-electron chi connectivity index (χ0n) is 22.8. The molecule has 210 valence electrons. The molecule has 1 unspecified atom stereocenters. The molecular formula is C29H31ClN4O5S. The number of benzene rings is 3.